The molecule has 118 valence electrons. The van der Waals surface area contributed by atoms with Crippen molar-refractivity contribution >= 4 is 21.6 Å². The Morgan fingerprint density at radius 2 is 1.82 bits per heavy atom. The van der Waals surface area contributed by atoms with Crippen LogP contribution in [-0.4, -0.2) is 7.11 Å². The van der Waals surface area contributed by atoms with Gasteiger partial charge in [0.1, 0.15) is 5.75 Å². The highest BCUT2D eigenvalue weighted by atomic mass is 79.9. The molecule has 22 heavy (non-hydrogen) atoms. The Morgan fingerprint density at radius 3 is 2.41 bits per heavy atom. The smallest absolute Gasteiger partial charge is 0.420 e. The molecule has 0 spiro atoms. The van der Waals surface area contributed by atoms with Crippen LogP contribution in [0.15, 0.2) is 46.9 Å². The van der Waals surface area contributed by atoms with Gasteiger partial charge in [-0.05, 0) is 45.8 Å². The molecule has 2 aromatic carbocycles. The fraction of sp³-hybridized carbons (Fsp3) is 0.200. The summed E-state index contributed by atoms with van der Waals surface area (Å²) < 4.78 is 44.2. The molecule has 0 unspecified atom stereocenters. The van der Waals surface area contributed by atoms with E-state index in [4.69, 9.17) is 4.74 Å². The topological polar surface area (TPSA) is 33.3 Å². The van der Waals surface area contributed by atoms with Crippen molar-refractivity contribution in [2.75, 3.05) is 12.5 Å². The zero-order valence-electron chi connectivity index (χ0n) is 11.7. The fourth-order valence-electron chi connectivity index (χ4n) is 1.94. The number of alkyl halides is 3. The van der Waals surface area contributed by atoms with E-state index in [0.717, 1.165) is 11.8 Å². The first-order valence-corrected chi connectivity index (χ1v) is 7.18. The van der Waals surface area contributed by atoms with Crippen LogP contribution in [-0.2, 0) is 12.7 Å². The van der Waals surface area contributed by atoms with Gasteiger partial charge in [-0.25, -0.2) is 5.43 Å². The van der Waals surface area contributed by atoms with Gasteiger partial charge in [-0.15, -0.1) is 0 Å². The van der Waals surface area contributed by atoms with Gasteiger partial charge in [0.25, 0.3) is 0 Å². The molecule has 2 aromatic rings. The average Bonchev–Trinajstić information content (AvgIpc) is 2.47. The molecule has 0 aliphatic heterocycles. The number of hydrogen-bond acceptors (Lipinski definition) is 3. The number of rotatable bonds is 5. The van der Waals surface area contributed by atoms with Gasteiger partial charge in [-0.2, -0.15) is 13.2 Å². The van der Waals surface area contributed by atoms with Crippen molar-refractivity contribution in [3.05, 3.63) is 58.1 Å². The van der Waals surface area contributed by atoms with Gasteiger partial charge in [0.15, 0.2) is 0 Å². The molecule has 0 fully saturated rings. The standard InChI is InChI=1S/C15H14BrF3N2O/c1-22-14-12(15(17,18)19)7-10(8-13(14)16)9-20-21-11-5-3-2-4-6-11/h2-8,20-21H,9H2,1H3. The number of anilines is 1. The second-order valence-electron chi connectivity index (χ2n) is 4.50. The molecule has 0 saturated carbocycles. The third-order valence-electron chi connectivity index (χ3n) is 2.91. The number of hydrazine groups is 1. The molecule has 0 aromatic heterocycles. The highest BCUT2D eigenvalue weighted by Gasteiger charge is 2.35. The third kappa shape index (κ3) is 4.14. The molecule has 3 nitrogen and oxygen atoms in total. The average molecular weight is 375 g/mol. The Kier molecular flexibility index (Phi) is 5.31. The lowest BCUT2D eigenvalue weighted by molar-refractivity contribution is -0.138. The van der Waals surface area contributed by atoms with Crippen LogP contribution in [0.3, 0.4) is 0 Å². The quantitative estimate of drug-likeness (QED) is 0.750. The number of para-hydroxylation sites is 1. The molecule has 0 aliphatic carbocycles. The monoisotopic (exact) mass is 374 g/mol. The van der Waals surface area contributed by atoms with Crippen LogP contribution in [0.1, 0.15) is 11.1 Å². The van der Waals surface area contributed by atoms with Crippen molar-refractivity contribution in [1.82, 2.24) is 5.43 Å². The van der Waals surface area contributed by atoms with Crippen molar-refractivity contribution in [2.45, 2.75) is 12.7 Å². The van der Waals surface area contributed by atoms with Crippen molar-refractivity contribution in [2.24, 2.45) is 0 Å². The Morgan fingerprint density at radius 1 is 1.14 bits per heavy atom. The van der Waals surface area contributed by atoms with Crippen LogP contribution < -0.4 is 15.6 Å². The summed E-state index contributed by atoms with van der Waals surface area (Å²) in [6, 6.07) is 11.9. The lowest BCUT2D eigenvalue weighted by Crippen LogP contribution is -2.21. The maximum absolute atomic E-state index is 13.0. The fourth-order valence-corrected chi connectivity index (χ4v) is 2.61. The highest BCUT2D eigenvalue weighted by molar-refractivity contribution is 9.10. The summed E-state index contributed by atoms with van der Waals surface area (Å²) in [4.78, 5) is 0. The van der Waals surface area contributed by atoms with Crippen LogP contribution in [0.5, 0.6) is 5.75 Å². The molecule has 0 amide bonds. The van der Waals surface area contributed by atoms with Gasteiger partial charge in [0.05, 0.1) is 17.1 Å². The summed E-state index contributed by atoms with van der Waals surface area (Å²) >= 11 is 3.11. The first-order chi connectivity index (χ1) is 10.4. The van der Waals surface area contributed by atoms with Gasteiger partial charge in [0, 0.05) is 12.2 Å². The van der Waals surface area contributed by atoms with E-state index in [0.29, 0.717) is 5.56 Å². The second kappa shape index (κ2) is 7.02. The highest BCUT2D eigenvalue weighted by Crippen LogP contribution is 2.41. The number of methoxy groups -OCH3 is 1. The number of halogens is 4. The van der Waals surface area contributed by atoms with Crippen molar-refractivity contribution < 1.29 is 17.9 Å². The summed E-state index contributed by atoms with van der Waals surface area (Å²) in [5.74, 6) is -0.215. The number of benzene rings is 2. The maximum Gasteiger partial charge on any atom is 0.420 e. The summed E-state index contributed by atoms with van der Waals surface area (Å²) in [6.45, 7) is 0.223. The second-order valence-corrected chi connectivity index (χ2v) is 5.36. The molecule has 0 atom stereocenters. The lowest BCUT2D eigenvalue weighted by Gasteiger charge is -2.16. The zero-order chi connectivity index (χ0) is 16.2. The number of hydrogen-bond donors (Lipinski definition) is 2. The summed E-state index contributed by atoms with van der Waals surface area (Å²) in [7, 11) is 1.21. The van der Waals surface area contributed by atoms with Crippen molar-refractivity contribution in [1.29, 1.82) is 0 Å². The predicted octanol–water partition coefficient (Wildman–Crippen LogP) is 4.59. The van der Waals surface area contributed by atoms with E-state index in [1.54, 1.807) is 6.07 Å². The van der Waals surface area contributed by atoms with E-state index in [2.05, 4.69) is 26.8 Å². The van der Waals surface area contributed by atoms with Crippen molar-refractivity contribution in [3.8, 4) is 5.75 Å². The molecule has 0 bridgehead atoms. The predicted molar refractivity (Wildman–Crippen MR) is 82.6 cm³/mol. The van der Waals surface area contributed by atoms with Crippen LogP contribution >= 0.6 is 15.9 Å². The Balaban J connectivity index is 2.13. The molecular formula is C15H14BrF3N2O. The minimum atomic E-state index is -4.48. The Hall–Kier alpha value is -1.73. The van der Waals surface area contributed by atoms with Gasteiger partial charge >= 0.3 is 6.18 Å². The van der Waals surface area contributed by atoms with Crippen LogP contribution in [0.4, 0.5) is 18.9 Å². The number of nitrogens with one attached hydrogen (secondary N) is 2. The van der Waals surface area contributed by atoms with E-state index in [9.17, 15) is 13.2 Å². The van der Waals surface area contributed by atoms with Crippen LogP contribution in [0.2, 0.25) is 0 Å². The molecule has 0 saturated heterocycles. The SMILES string of the molecule is COc1c(Br)cc(CNNc2ccccc2)cc1C(F)(F)F. The van der Waals surface area contributed by atoms with Crippen LogP contribution in [0, 0.1) is 0 Å². The number of ether oxygens (including phenoxy) is 1. The van der Waals surface area contributed by atoms with E-state index in [1.807, 2.05) is 30.3 Å². The maximum atomic E-state index is 13.0. The van der Waals surface area contributed by atoms with E-state index >= 15 is 0 Å². The van der Waals surface area contributed by atoms with Gasteiger partial charge < -0.3 is 10.2 Å². The Bertz CT molecular complexity index is 633. The third-order valence-corrected chi connectivity index (χ3v) is 3.50. The zero-order valence-corrected chi connectivity index (χ0v) is 13.3. The molecule has 0 radical (unpaired) electrons. The summed E-state index contributed by atoms with van der Waals surface area (Å²) in [5, 5.41) is 0. The molecule has 2 N–H and O–H groups in total. The largest absolute Gasteiger partial charge is 0.495 e. The first kappa shape index (κ1) is 16.6. The molecule has 0 aliphatic rings. The van der Waals surface area contributed by atoms with Gasteiger partial charge in [-0.1, -0.05) is 18.2 Å². The lowest BCUT2D eigenvalue weighted by atomic mass is 10.1. The van der Waals surface area contributed by atoms with Gasteiger partial charge in [-0.3, -0.25) is 0 Å². The molecular weight excluding hydrogens is 361 g/mol. The first-order valence-electron chi connectivity index (χ1n) is 6.39. The van der Waals surface area contributed by atoms with E-state index < -0.39 is 11.7 Å². The van der Waals surface area contributed by atoms with Crippen LogP contribution in [0.25, 0.3) is 0 Å². The van der Waals surface area contributed by atoms with E-state index in [1.165, 1.54) is 7.11 Å². The van der Waals surface area contributed by atoms with E-state index in [-0.39, 0.29) is 16.8 Å². The summed E-state index contributed by atoms with van der Waals surface area (Å²) in [5.41, 5.74) is 6.30. The minimum Gasteiger partial charge on any atom is -0.495 e. The van der Waals surface area contributed by atoms with Crippen molar-refractivity contribution in [3.63, 3.8) is 0 Å². The molecule has 7 heteroatoms. The summed E-state index contributed by atoms with van der Waals surface area (Å²) in [6.07, 6.45) is -4.48. The normalized spacial score (nSPS) is 11.3. The molecule has 0 heterocycles. The molecule has 2 rings (SSSR count). The van der Waals surface area contributed by atoms with Gasteiger partial charge in [0.2, 0.25) is 0 Å². The Labute approximate surface area is 134 Å². The minimum absolute atomic E-state index is 0.215.